The van der Waals surface area contributed by atoms with Crippen LogP contribution < -0.4 is 37.9 Å². The third kappa shape index (κ3) is 11.6. The fraction of sp³-hybridized carbons (Fsp3) is 0.400. The van der Waals surface area contributed by atoms with Gasteiger partial charge in [0.25, 0.3) is 11.5 Å². The summed E-state index contributed by atoms with van der Waals surface area (Å²) in [5.41, 5.74) is 5.92. The second-order valence-electron chi connectivity index (χ2n) is 11.4. The molecule has 0 aliphatic rings. The number of hydrogen-bond acceptors (Lipinski definition) is 16. The van der Waals surface area contributed by atoms with E-state index in [0.717, 1.165) is 0 Å². The highest BCUT2D eigenvalue weighted by Gasteiger charge is 2.38. The van der Waals surface area contributed by atoms with E-state index in [2.05, 4.69) is 35.9 Å². The van der Waals surface area contributed by atoms with E-state index in [-0.39, 0.29) is 29.2 Å². The van der Waals surface area contributed by atoms with Crippen molar-refractivity contribution in [3.8, 4) is 0 Å². The van der Waals surface area contributed by atoms with Crippen molar-refractivity contribution < 1.29 is 59.4 Å². The van der Waals surface area contributed by atoms with Crippen molar-refractivity contribution in [1.82, 2.24) is 41.2 Å². The maximum Gasteiger partial charge on any atom is 0.326 e. The van der Waals surface area contributed by atoms with Crippen molar-refractivity contribution >= 4 is 58.4 Å². The number of nitrogens with one attached hydrogen (secondary N) is 6. The average Bonchev–Trinajstić information content (AvgIpc) is 3.13. The van der Waals surface area contributed by atoms with Gasteiger partial charge in [-0.25, -0.2) is 19.6 Å². The number of aliphatic carboxylic acids is 2. The number of carbonyl (C=O) groups excluding carboxylic acids is 4. The Morgan fingerprint density at radius 2 is 1.55 bits per heavy atom. The number of carboxylic acids is 2. The SMILES string of the molecule is CNC(=O)C[C@H](NC(=O)[C@@H](NC(=O)CC[C@H](NC(=O)c1ccc(NCc2cnc3nc(N)[nH]c(=O)c3n2)cc1)C(=O)O)[C@@H](O)[C@H](O)[C@H](O)CO)C(=O)O. The Hall–Kier alpha value is -6.30. The molecule has 0 saturated carbocycles. The summed E-state index contributed by atoms with van der Waals surface area (Å²) in [7, 11) is 1.21. The monoisotopic (exact) mass is 746 g/mol. The molecule has 0 saturated heterocycles. The van der Waals surface area contributed by atoms with Crippen molar-refractivity contribution in [3.63, 3.8) is 0 Å². The summed E-state index contributed by atoms with van der Waals surface area (Å²) in [6.07, 6.45) is -7.17. The van der Waals surface area contributed by atoms with Gasteiger partial charge < -0.3 is 63.0 Å². The van der Waals surface area contributed by atoms with Gasteiger partial charge in [-0.2, -0.15) is 4.98 Å². The Labute approximate surface area is 298 Å². The molecule has 2 aromatic heterocycles. The van der Waals surface area contributed by atoms with Crippen molar-refractivity contribution in [2.24, 2.45) is 0 Å². The molecule has 0 radical (unpaired) electrons. The lowest BCUT2D eigenvalue weighted by Crippen LogP contribution is -2.61. The average molecular weight is 747 g/mol. The molecule has 0 spiro atoms. The first-order valence-corrected chi connectivity index (χ1v) is 15.6. The van der Waals surface area contributed by atoms with Crippen molar-refractivity contribution in [1.29, 1.82) is 0 Å². The van der Waals surface area contributed by atoms with Crippen LogP contribution in [0.15, 0.2) is 35.3 Å². The first-order chi connectivity index (χ1) is 25.0. The van der Waals surface area contributed by atoms with Gasteiger partial charge in [0, 0.05) is 24.7 Å². The van der Waals surface area contributed by atoms with E-state index in [1.165, 1.54) is 37.5 Å². The Morgan fingerprint density at radius 3 is 2.15 bits per heavy atom. The molecule has 0 fully saturated rings. The number of aliphatic hydroxyl groups is 4. The zero-order valence-electron chi connectivity index (χ0n) is 27.8. The van der Waals surface area contributed by atoms with Gasteiger partial charge in [-0.3, -0.25) is 29.0 Å². The minimum Gasteiger partial charge on any atom is -0.480 e. The Morgan fingerprint density at radius 1 is 0.887 bits per heavy atom. The van der Waals surface area contributed by atoms with Crippen LogP contribution in [-0.2, 0) is 30.5 Å². The summed E-state index contributed by atoms with van der Waals surface area (Å²) in [6.45, 7) is -0.954. The molecule has 0 aliphatic carbocycles. The highest BCUT2D eigenvalue weighted by molar-refractivity contribution is 5.97. The van der Waals surface area contributed by atoms with Crippen LogP contribution in [0.5, 0.6) is 0 Å². The van der Waals surface area contributed by atoms with E-state index >= 15 is 0 Å². The van der Waals surface area contributed by atoms with Gasteiger partial charge in [0.1, 0.15) is 36.4 Å². The van der Waals surface area contributed by atoms with E-state index < -0.39 is 103 Å². The fourth-order valence-corrected chi connectivity index (χ4v) is 4.60. The van der Waals surface area contributed by atoms with Crippen molar-refractivity contribution in [2.75, 3.05) is 24.7 Å². The predicted octanol–water partition coefficient (Wildman–Crippen LogP) is -4.86. The number of carbonyl (C=O) groups is 6. The number of nitrogens with zero attached hydrogens (tertiary/aromatic N) is 3. The van der Waals surface area contributed by atoms with E-state index in [1.54, 1.807) is 0 Å². The molecule has 0 aliphatic heterocycles. The zero-order valence-corrected chi connectivity index (χ0v) is 27.8. The number of aliphatic hydroxyl groups excluding tert-OH is 4. The third-order valence-electron chi connectivity index (χ3n) is 7.52. The van der Waals surface area contributed by atoms with Crippen LogP contribution in [0.1, 0.15) is 35.3 Å². The number of benzene rings is 1. The van der Waals surface area contributed by atoms with Gasteiger partial charge in [0.2, 0.25) is 23.7 Å². The molecule has 1 aromatic carbocycles. The smallest absolute Gasteiger partial charge is 0.326 e. The summed E-state index contributed by atoms with van der Waals surface area (Å²) in [6, 6.07) is 0.0925. The molecule has 23 nitrogen and oxygen atoms in total. The number of nitrogens with two attached hydrogens (primary N) is 1. The van der Waals surface area contributed by atoms with Gasteiger partial charge in [0.05, 0.1) is 31.5 Å². The normalized spacial score (nSPS) is 14.4. The summed E-state index contributed by atoms with van der Waals surface area (Å²) >= 11 is 0. The molecular formula is C30H38N10O13. The maximum atomic E-state index is 13.0. The highest BCUT2D eigenvalue weighted by atomic mass is 16.4. The van der Waals surface area contributed by atoms with Crippen LogP contribution >= 0.6 is 0 Å². The number of aromatic nitrogens is 4. The first kappa shape index (κ1) is 41.1. The van der Waals surface area contributed by atoms with Crippen LogP contribution in [0.2, 0.25) is 0 Å². The topological polar surface area (TPSA) is 382 Å². The van der Waals surface area contributed by atoms with E-state index in [9.17, 15) is 59.1 Å². The minimum atomic E-state index is -2.33. The molecular weight excluding hydrogens is 708 g/mol. The van der Waals surface area contributed by atoms with E-state index in [0.29, 0.717) is 11.4 Å². The Balaban J connectivity index is 1.63. The van der Waals surface area contributed by atoms with Crippen LogP contribution in [0, 0.1) is 0 Å². The molecule has 23 heteroatoms. The predicted molar refractivity (Wildman–Crippen MR) is 180 cm³/mol. The number of hydrogen-bond donors (Lipinski definition) is 13. The quantitative estimate of drug-likeness (QED) is 0.0547. The highest BCUT2D eigenvalue weighted by Crippen LogP contribution is 2.13. The zero-order chi connectivity index (χ0) is 39.4. The molecule has 3 aromatic rings. The lowest BCUT2D eigenvalue weighted by molar-refractivity contribution is -0.146. The number of nitrogen functional groups attached to an aromatic ring is 1. The Kier molecular flexibility index (Phi) is 14.6. The molecule has 6 atom stereocenters. The molecule has 0 unspecified atom stereocenters. The van der Waals surface area contributed by atoms with Gasteiger partial charge in [-0.1, -0.05) is 0 Å². The number of carboxylic acid groups (broad SMARTS) is 2. The summed E-state index contributed by atoms with van der Waals surface area (Å²) in [5, 5.41) is 70.1. The molecule has 0 bridgehead atoms. The number of fused-ring (bicyclic) bond motifs is 1. The second-order valence-corrected chi connectivity index (χ2v) is 11.4. The standard InChI is InChI=1S/C30H38N10O13/c1-32-19(44)8-16(29(52)53)37-26(48)20(23(46)22(45)17(42)11-41)38-18(43)7-6-15(28(50)51)36-25(47)12-2-4-13(5-3-12)33-9-14-10-34-24-21(35-14)27(49)40-30(31)39-24/h2-5,10,15-17,20,22-23,33,41-42,45-46H,6-9,11H2,1H3,(H,32,44)(H,36,47)(H,37,48)(H,38,43)(H,50,51)(H,52,53)(H3,31,34,39,40,49)/t15-,16-,17+,20-,22+,23+/m0/s1. The molecule has 3 rings (SSSR count). The summed E-state index contributed by atoms with van der Waals surface area (Å²) in [4.78, 5) is 100. The third-order valence-corrected chi connectivity index (χ3v) is 7.52. The molecule has 2 heterocycles. The number of H-pyrrole nitrogens is 1. The summed E-state index contributed by atoms with van der Waals surface area (Å²) in [5.74, 6) is -7.44. The number of aromatic amines is 1. The number of rotatable bonds is 19. The fourth-order valence-electron chi connectivity index (χ4n) is 4.60. The maximum absolute atomic E-state index is 13.0. The van der Waals surface area contributed by atoms with E-state index in [4.69, 9.17) is 10.8 Å². The Bertz CT molecular complexity index is 1870. The van der Waals surface area contributed by atoms with Crippen molar-refractivity contribution in [2.45, 2.75) is 62.2 Å². The molecule has 286 valence electrons. The van der Waals surface area contributed by atoms with Crippen LogP contribution in [0.3, 0.4) is 0 Å². The van der Waals surface area contributed by atoms with Crippen LogP contribution in [0.4, 0.5) is 11.6 Å². The van der Waals surface area contributed by atoms with Gasteiger partial charge in [0.15, 0.2) is 11.2 Å². The molecule has 4 amide bonds. The number of anilines is 2. The lowest BCUT2D eigenvalue weighted by Gasteiger charge is -2.29. The lowest BCUT2D eigenvalue weighted by atomic mass is 9.99. The first-order valence-electron chi connectivity index (χ1n) is 15.6. The largest absolute Gasteiger partial charge is 0.480 e. The van der Waals surface area contributed by atoms with Crippen LogP contribution in [0.25, 0.3) is 11.2 Å². The number of amides is 4. The van der Waals surface area contributed by atoms with Gasteiger partial charge >= 0.3 is 11.9 Å². The second kappa shape index (κ2) is 18.8. The van der Waals surface area contributed by atoms with Crippen molar-refractivity contribution in [3.05, 3.63) is 52.1 Å². The molecule has 53 heavy (non-hydrogen) atoms. The van der Waals surface area contributed by atoms with E-state index in [1.807, 2.05) is 10.6 Å². The molecule has 14 N–H and O–H groups in total. The minimum absolute atomic E-state index is 0.0149. The summed E-state index contributed by atoms with van der Waals surface area (Å²) < 4.78 is 0. The van der Waals surface area contributed by atoms with Gasteiger partial charge in [-0.05, 0) is 30.7 Å². The van der Waals surface area contributed by atoms with Crippen LogP contribution in [-0.4, -0.2) is 136 Å². The van der Waals surface area contributed by atoms with Gasteiger partial charge in [-0.15, -0.1) is 0 Å².